The highest BCUT2D eigenvalue weighted by Gasteiger charge is 2.23. The highest BCUT2D eigenvalue weighted by Crippen LogP contribution is 2.21. The monoisotopic (exact) mass is 851 g/mol. The van der Waals surface area contributed by atoms with Gasteiger partial charge >= 0.3 is 17.9 Å². The van der Waals surface area contributed by atoms with Crippen LogP contribution in [0.2, 0.25) is 0 Å². The molecule has 0 saturated carbocycles. The summed E-state index contributed by atoms with van der Waals surface area (Å²) >= 11 is 0. The predicted octanol–water partition coefficient (Wildman–Crippen LogP) is 5.51. The van der Waals surface area contributed by atoms with Crippen molar-refractivity contribution in [2.45, 2.75) is 51.4 Å². The Bertz CT molecular complexity index is 2280. The molecule has 4 rings (SSSR count). The van der Waals surface area contributed by atoms with E-state index in [0.717, 1.165) is 6.26 Å². The fourth-order valence-electron chi connectivity index (χ4n) is 5.09. The average molecular weight is 852 g/mol. The number of amides is 1. The predicted molar refractivity (Wildman–Crippen MR) is 221 cm³/mol. The van der Waals surface area contributed by atoms with Gasteiger partial charge in [0.1, 0.15) is 9.84 Å². The molecule has 0 heterocycles. The molecule has 4 aromatic rings. The maximum atomic E-state index is 12.6. The second-order valence-corrected chi connectivity index (χ2v) is 17.3. The van der Waals surface area contributed by atoms with Crippen molar-refractivity contribution in [3.63, 3.8) is 0 Å². The van der Waals surface area contributed by atoms with E-state index in [9.17, 15) is 45.6 Å². The molecule has 2 unspecified atom stereocenters. The SMILES string of the molecule is CC(C(=O)O)c1cccc(C(=O)c2ccccc2)c1.COC(=O)CCCS(=O)(=O)NC(=O)C(C)c1cccc(C(=O)c2ccccc2)c1.COC(=O)CCCS(C)(=O)=O. The Morgan fingerprint density at radius 2 is 0.966 bits per heavy atom. The summed E-state index contributed by atoms with van der Waals surface area (Å²) in [7, 11) is -4.32. The number of aliphatic carboxylic acids is 1. The molecule has 1 amide bonds. The van der Waals surface area contributed by atoms with Gasteiger partial charge in [0.05, 0.1) is 37.6 Å². The number of ether oxygens (including phenoxy) is 2. The van der Waals surface area contributed by atoms with Crippen LogP contribution in [-0.4, -0.2) is 89.3 Å². The van der Waals surface area contributed by atoms with Crippen molar-refractivity contribution in [3.8, 4) is 0 Å². The molecule has 59 heavy (non-hydrogen) atoms. The number of nitrogens with one attached hydrogen (secondary N) is 1. The summed E-state index contributed by atoms with van der Waals surface area (Å²) in [6.45, 7) is 3.17. The molecule has 0 bridgehead atoms. The number of sulfone groups is 1. The standard InChI is InChI=1S/C21H23NO6S.C16H14O3.C6H12O4S/c1-15(21(25)22-29(26,27)13-7-12-19(23)28-2)17-10-6-11-18(14-17)20(24)16-8-4-3-5-9-16;1-11(16(18)19)13-8-5-9-14(10-13)15(17)12-6-3-2-4-7-12;1-10-6(7)4-3-5-11(2,8)9/h3-6,8-11,14-15H,7,12-13H2,1-2H3,(H,22,25);2-11H,1H3,(H,18,19);3-5H2,1-2H3. The Morgan fingerprint density at radius 3 is 1.36 bits per heavy atom. The molecule has 4 aromatic carbocycles. The van der Waals surface area contributed by atoms with Crippen molar-refractivity contribution in [3.05, 3.63) is 143 Å². The Labute approximate surface area is 344 Å². The van der Waals surface area contributed by atoms with E-state index in [1.54, 1.807) is 111 Å². The Hall–Kier alpha value is -6.00. The Morgan fingerprint density at radius 1 is 0.576 bits per heavy atom. The lowest BCUT2D eigenvalue weighted by molar-refractivity contribution is -0.141. The average Bonchev–Trinajstić information content (AvgIpc) is 3.22. The lowest BCUT2D eigenvalue weighted by atomic mass is 9.95. The van der Waals surface area contributed by atoms with Gasteiger partial charge in [-0.15, -0.1) is 0 Å². The zero-order chi connectivity index (χ0) is 44.2. The third kappa shape index (κ3) is 18.0. The largest absolute Gasteiger partial charge is 0.481 e. The molecule has 0 aliphatic carbocycles. The number of hydrogen-bond acceptors (Lipinski definition) is 12. The van der Waals surface area contributed by atoms with E-state index in [2.05, 4.69) is 9.47 Å². The molecule has 2 atom stereocenters. The van der Waals surface area contributed by atoms with Gasteiger partial charge in [-0.25, -0.2) is 16.8 Å². The van der Waals surface area contributed by atoms with Gasteiger partial charge in [0.15, 0.2) is 11.6 Å². The molecule has 0 aliphatic rings. The number of carboxylic acid groups (broad SMARTS) is 1. The van der Waals surface area contributed by atoms with E-state index >= 15 is 0 Å². The van der Waals surface area contributed by atoms with Gasteiger partial charge in [-0.2, -0.15) is 0 Å². The minimum absolute atomic E-state index is 0.0437. The summed E-state index contributed by atoms with van der Waals surface area (Å²) in [5, 5.41) is 9.00. The third-order valence-electron chi connectivity index (χ3n) is 8.53. The van der Waals surface area contributed by atoms with Crippen molar-refractivity contribution in [1.82, 2.24) is 4.72 Å². The first-order valence-corrected chi connectivity index (χ1v) is 22.0. The van der Waals surface area contributed by atoms with Gasteiger partial charge in [-0.3, -0.25) is 33.5 Å². The number of ketones is 2. The molecular weight excluding hydrogens is 803 g/mol. The number of carbonyl (C=O) groups is 6. The van der Waals surface area contributed by atoms with E-state index in [-0.39, 0.29) is 48.3 Å². The minimum Gasteiger partial charge on any atom is -0.481 e. The number of carbonyl (C=O) groups excluding carboxylic acids is 5. The molecule has 16 heteroatoms. The van der Waals surface area contributed by atoms with E-state index in [1.807, 2.05) is 16.9 Å². The topological polar surface area (TPSA) is 221 Å². The van der Waals surface area contributed by atoms with Gasteiger partial charge in [-0.05, 0) is 49.9 Å². The van der Waals surface area contributed by atoms with Crippen molar-refractivity contribution in [1.29, 1.82) is 0 Å². The quantitative estimate of drug-likeness (QED) is 0.0990. The summed E-state index contributed by atoms with van der Waals surface area (Å²) in [5.41, 5.74) is 3.20. The van der Waals surface area contributed by atoms with E-state index in [1.165, 1.54) is 14.2 Å². The lowest BCUT2D eigenvalue weighted by Crippen LogP contribution is -2.35. The zero-order valence-corrected chi connectivity index (χ0v) is 35.1. The van der Waals surface area contributed by atoms with Crippen LogP contribution in [0.1, 0.15) is 94.3 Å². The van der Waals surface area contributed by atoms with E-state index in [4.69, 9.17) is 5.11 Å². The van der Waals surface area contributed by atoms with Gasteiger partial charge in [0.25, 0.3) is 0 Å². The second-order valence-electron chi connectivity index (χ2n) is 13.2. The van der Waals surface area contributed by atoms with E-state index in [0.29, 0.717) is 39.8 Å². The molecule has 2 N–H and O–H groups in total. The zero-order valence-electron chi connectivity index (χ0n) is 33.5. The van der Waals surface area contributed by atoms with Crippen LogP contribution in [0, 0.1) is 0 Å². The van der Waals surface area contributed by atoms with Crippen LogP contribution in [0.15, 0.2) is 109 Å². The van der Waals surface area contributed by atoms with Crippen LogP contribution in [0.5, 0.6) is 0 Å². The first-order valence-electron chi connectivity index (χ1n) is 18.3. The molecule has 14 nitrogen and oxygen atoms in total. The van der Waals surface area contributed by atoms with Crippen molar-refractivity contribution in [2.24, 2.45) is 0 Å². The summed E-state index contributed by atoms with van der Waals surface area (Å²) in [4.78, 5) is 69.7. The molecule has 0 aliphatic heterocycles. The van der Waals surface area contributed by atoms with Gasteiger partial charge in [0.2, 0.25) is 15.9 Å². The third-order valence-corrected chi connectivity index (χ3v) is 10.9. The van der Waals surface area contributed by atoms with Gasteiger partial charge in [0, 0.05) is 41.4 Å². The number of hydrogen-bond donors (Lipinski definition) is 2. The minimum atomic E-state index is -3.88. The first-order chi connectivity index (χ1) is 27.8. The highest BCUT2D eigenvalue weighted by atomic mass is 32.2. The molecule has 0 aromatic heterocycles. The highest BCUT2D eigenvalue weighted by molar-refractivity contribution is 7.90. The molecule has 0 fully saturated rings. The fourth-order valence-corrected chi connectivity index (χ4v) is 6.87. The van der Waals surface area contributed by atoms with Crippen LogP contribution in [0.4, 0.5) is 0 Å². The lowest BCUT2D eigenvalue weighted by Gasteiger charge is -2.14. The number of carboxylic acids is 1. The number of rotatable bonds is 17. The Kier molecular flexibility index (Phi) is 20.0. The Balaban J connectivity index is 0.000000342. The normalized spacial score (nSPS) is 11.8. The number of sulfonamides is 1. The maximum absolute atomic E-state index is 12.6. The van der Waals surface area contributed by atoms with E-state index < -0.39 is 49.5 Å². The summed E-state index contributed by atoms with van der Waals surface area (Å²) in [6, 6.07) is 31.0. The van der Waals surface area contributed by atoms with Gasteiger partial charge in [-0.1, -0.05) is 97.1 Å². The summed E-state index contributed by atoms with van der Waals surface area (Å²) < 4.78 is 56.0. The summed E-state index contributed by atoms with van der Waals surface area (Å²) in [6.07, 6.45) is 1.65. The van der Waals surface area contributed by atoms with Crippen LogP contribution in [0.3, 0.4) is 0 Å². The van der Waals surface area contributed by atoms with Gasteiger partial charge < -0.3 is 14.6 Å². The summed E-state index contributed by atoms with van der Waals surface area (Å²) in [5.74, 6) is -4.49. The fraction of sp³-hybridized carbons (Fsp3) is 0.302. The van der Waals surface area contributed by atoms with Crippen LogP contribution in [0.25, 0.3) is 0 Å². The first kappa shape index (κ1) is 49.1. The smallest absolute Gasteiger partial charge is 0.310 e. The number of esters is 2. The maximum Gasteiger partial charge on any atom is 0.310 e. The van der Waals surface area contributed by atoms with Crippen molar-refractivity contribution >= 4 is 55.2 Å². The van der Waals surface area contributed by atoms with Crippen LogP contribution in [-0.2, 0) is 48.5 Å². The van der Waals surface area contributed by atoms with Crippen LogP contribution >= 0.6 is 0 Å². The molecule has 0 spiro atoms. The second kappa shape index (κ2) is 24.0. The van der Waals surface area contributed by atoms with Crippen molar-refractivity contribution < 1.29 is 60.2 Å². The molecular formula is C43H49NO13S2. The number of benzene rings is 4. The molecule has 0 radical (unpaired) electrons. The molecule has 316 valence electrons. The molecule has 0 saturated heterocycles. The van der Waals surface area contributed by atoms with Crippen molar-refractivity contribution in [2.75, 3.05) is 32.0 Å². The van der Waals surface area contributed by atoms with Crippen LogP contribution < -0.4 is 4.72 Å². The number of methoxy groups -OCH3 is 2.